The molecule has 14 heavy (non-hydrogen) atoms. The molecule has 0 aromatic rings. The van der Waals surface area contributed by atoms with Crippen LogP contribution >= 0.6 is 0 Å². The van der Waals surface area contributed by atoms with E-state index in [0.717, 1.165) is 25.7 Å². The van der Waals surface area contributed by atoms with Crippen molar-refractivity contribution < 1.29 is 9.90 Å². The van der Waals surface area contributed by atoms with Gasteiger partial charge in [-0.15, -0.1) is 0 Å². The Morgan fingerprint density at radius 2 is 2.07 bits per heavy atom. The molecule has 1 N–H and O–H groups in total. The average molecular weight is 199 g/mol. The summed E-state index contributed by atoms with van der Waals surface area (Å²) in [5.74, 6) is 0. The molecule has 1 aliphatic rings. The van der Waals surface area contributed by atoms with Gasteiger partial charge in [-0.25, -0.2) is 0 Å². The highest BCUT2D eigenvalue weighted by molar-refractivity contribution is 5.60. The number of aldehydes is 1. The summed E-state index contributed by atoms with van der Waals surface area (Å²) >= 11 is 0. The molecule has 0 aromatic carbocycles. The Kier molecular flexibility index (Phi) is 4.08. The summed E-state index contributed by atoms with van der Waals surface area (Å²) in [5.41, 5.74) is -0.121. The molecule has 0 aliphatic heterocycles. The molecule has 0 spiro atoms. The summed E-state index contributed by atoms with van der Waals surface area (Å²) in [6.07, 6.45) is 5.17. The Labute approximate surface area is 86.1 Å². The van der Waals surface area contributed by atoms with Crippen LogP contribution in [0.25, 0.3) is 0 Å². The standard InChI is InChI=1S/C11H21NO2/c1-10(14)7-12(2)8-11(9-13)5-3-4-6-11/h9-10,14H,3-8H2,1-2H3. The summed E-state index contributed by atoms with van der Waals surface area (Å²) in [4.78, 5) is 13.1. The van der Waals surface area contributed by atoms with E-state index in [1.165, 1.54) is 12.8 Å². The van der Waals surface area contributed by atoms with Crippen molar-refractivity contribution in [1.29, 1.82) is 0 Å². The van der Waals surface area contributed by atoms with E-state index >= 15 is 0 Å². The summed E-state index contributed by atoms with van der Waals surface area (Å²) < 4.78 is 0. The molecular weight excluding hydrogens is 178 g/mol. The van der Waals surface area contributed by atoms with Gasteiger partial charge in [-0.2, -0.15) is 0 Å². The molecule has 3 nitrogen and oxygen atoms in total. The zero-order chi connectivity index (χ0) is 10.6. The number of likely N-dealkylation sites (N-methyl/N-ethyl adjacent to an activating group) is 1. The first-order valence-corrected chi connectivity index (χ1v) is 5.41. The molecule has 0 saturated heterocycles. The fourth-order valence-corrected chi connectivity index (χ4v) is 2.45. The Balaban J connectivity index is 2.43. The number of rotatable bonds is 5. The second-order valence-electron chi connectivity index (χ2n) is 4.73. The van der Waals surface area contributed by atoms with Crippen LogP contribution in [-0.2, 0) is 4.79 Å². The second-order valence-corrected chi connectivity index (χ2v) is 4.73. The van der Waals surface area contributed by atoms with Gasteiger partial charge in [0.1, 0.15) is 6.29 Å². The molecule has 0 bridgehead atoms. The molecule has 0 amide bonds. The Morgan fingerprint density at radius 1 is 1.50 bits per heavy atom. The second kappa shape index (κ2) is 4.89. The van der Waals surface area contributed by atoms with Gasteiger partial charge in [-0.3, -0.25) is 0 Å². The van der Waals surface area contributed by atoms with Gasteiger partial charge in [-0.05, 0) is 26.8 Å². The third kappa shape index (κ3) is 3.07. The number of aliphatic hydroxyl groups excluding tert-OH is 1. The predicted octanol–water partition coefficient (Wildman–Crippen LogP) is 1.06. The molecule has 1 fully saturated rings. The van der Waals surface area contributed by atoms with Gasteiger partial charge in [0, 0.05) is 18.5 Å². The van der Waals surface area contributed by atoms with Crippen LogP contribution in [0, 0.1) is 5.41 Å². The lowest BCUT2D eigenvalue weighted by Crippen LogP contribution is -2.38. The van der Waals surface area contributed by atoms with Crippen molar-refractivity contribution in [2.24, 2.45) is 5.41 Å². The van der Waals surface area contributed by atoms with E-state index in [4.69, 9.17) is 0 Å². The van der Waals surface area contributed by atoms with E-state index < -0.39 is 0 Å². The molecular formula is C11H21NO2. The van der Waals surface area contributed by atoms with Gasteiger partial charge in [0.25, 0.3) is 0 Å². The zero-order valence-corrected chi connectivity index (χ0v) is 9.20. The quantitative estimate of drug-likeness (QED) is 0.673. The van der Waals surface area contributed by atoms with Crippen LogP contribution in [0.2, 0.25) is 0 Å². The van der Waals surface area contributed by atoms with Crippen molar-refractivity contribution in [3.05, 3.63) is 0 Å². The van der Waals surface area contributed by atoms with Crippen molar-refractivity contribution in [3.63, 3.8) is 0 Å². The highest BCUT2D eigenvalue weighted by Gasteiger charge is 2.34. The fourth-order valence-electron chi connectivity index (χ4n) is 2.45. The average Bonchev–Trinajstić information content (AvgIpc) is 2.52. The first kappa shape index (κ1) is 11.7. The number of nitrogens with zero attached hydrogens (tertiary/aromatic N) is 1. The Morgan fingerprint density at radius 3 is 2.50 bits per heavy atom. The lowest BCUT2D eigenvalue weighted by Gasteiger charge is -2.29. The third-order valence-electron chi connectivity index (χ3n) is 3.01. The number of carbonyl (C=O) groups is 1. The van der Waals surface area contributed by atoms with Crippen LogP contribution in [0.1, 0.15) is 32.6 Å². The molecule has 1 unspecified atom stereocenters. The molecule has 3 heteroatoms. The van der Waals surface area contributed by atoms with Crippen molar-refractivity contribution in [2.75, 3.05) is 20.1 Å². The normalized spacial score (nSPS) is 22.6. The first-order chi connectivity index (χ1) is 6.58. The molecule has 1 saturated carbocycles. The Bertz CT molecular complexity index is 186. The fraction of sp³-hybridized carbons (Fsp3) is 0.909. The number of aliphatic hydroxyl groups is 1. The monoisotopic (exact) mass is 199 g/mol. The summed E-state index contributed by atoms with van der Waals surface area (Å²) in [7, 11) is 1.97. The minimum absolute atomic E-state index is 0.121. The minimum atomic E-state index is -0.315. The van der Waals surface area contributed by atoms with Crippen molar-refractivity contribution in [3.8, 4) is 0 Å². The summed E-state index contributed by atoms with van der Waals surface area (Å²) in [5, 5.41) is 9.22. The maximum absolute atomic E-state index is 11.1. The third-order valence-corrected chi connectivity index (χ3v) is 3.01. The topological polar surface area (TPSA) is 40.5 Å². The molecule has 1 atom stereocenters. The molecule has 0 heterocycles. The first-order valence-electron chi connectivity index (χ1n) is 5.41. The smallest absolute Gasteiger partial charge is 0.127 e. The van der Waals surface area contributed by atoms with Crippen molar-refractivity contribution in [2.45, 2.75) is 38.7 Å². The van der Waals surface area contributed by atoms with Crippen molar-refractivity contribution >= 4 is 6.29 Å². The highest BCUT2D eigenvalue weighted by atomic mass is 16.3. The molecule has 82 valence electrons. The van der Waals surface area contributed by atoms with Gasteiger partial charge < -0.3 is 14.8 Å². The van der Waals surface area contributed by atoms with E-state index in [2.05, 4.69) is 4.90 Å². The summed E-state index contributed by atoms with van der Waals surface area (Å²) in [6, 6.07) is 0. The maximum atomic E-state index is 11.1. The van der Waals surface area contributed by atoms with Gasteiger partial charge >= 0.3 is 0 Å². The molecule has 0 radical (unpaired) electrons. The lowest BCUT2D eigenvalue weighted by molar-refractivity contribution is -0.117. The number of hydrogen-bond donors (Lipinski definition) is 1. The SMILES string of the molecule is CC(O)CN(C)CC1(C=O)CCCC1. The van der Waals surface area contributed by atoms with Crippen LogP contribution in [0.4, 0.5) is 0 Å². The van der Waals surface area contributed by atoms with E-state index in [-0.39, 0.29) is 11.5 Å². The van der Waals surface area contributed by atoms with Gasteiger partial charge in [0.05, 0.1) is 6.10 Å². The van der Waals surface area contributed by atoms with Crippen LogP contribution in [-0.4, -0.2) is 42.5 Å². The largest absolute Gasteiger partial charge is 0.392 e. The van der Waals surface area contributed by atoms with E-state index in [0.29, 0.717) is 6.54 Å². The van der Waals surface area contributed by atoms with E-state index in [9.17, 15) is 9.90 Å². The van der Waals surface area contributed by atoms with E-state index in [1.54, 1.807) is 6.92 Å². The van der Waals surface area contributed by atoms with Crippen molar-refractivity contribution in [1.82, 2.24) is 4.90 Å². The van der Waals surface area contributed by atoms with Crippen LogP contribution in [0.15, 0.2) is 0 Å². The van der Waals surface area contributed by atoms with Crippen LogP contribution in [0.3, 0.4) is 0 Å². The maximum Gasteiger partial charge on any atom is 0.127 e. The van der Waals surface area contributed by atoms with Gasteiger partial charge in [-0.1, -0.05) is 12.8 Å². The molecule has 1 aliphatic carbocycles. The Hall–Kier alpha value is -0.410. The van der Waals surface area contributed by atoms with Crippen LogP contribution < -0.4 is 0 Å². The number of carbonyl (C=O) groups excluding carboxylic acids is 1. The van der Waals surface area contributed by atoms with E-state index in [1.807, 2.05) is 7.05 Å². The van der Waals surface area contributed by atoms with Gasteiger partial charge in [0.2, 0.25) is 0 Å². The minimum Gasteiger partial charge on any atom is -0.392 e. The van der Waals surface area contributed by atoms with Gasteiger partial charge in [0.15, 0.2) is 0 Å². The lowest BCUT2D eigenvalue weighted by atomic mass is 9.87. The number of hydrogen-bond acceptors (Lipinski definition) is 3. The zero-order valence-electron chi connectivity index (χ0n) is 9.20. The molecule has 1 rings (SSSR count). The highest BCUT2D eigenvalue weighted by Crippen LogP contribution is 2.36. The van der Waals surface area contributed by atoms with Crippen LogP contribution in [0.5, 0.6) is 0 Å². The molecule has 0 aromatic heterocycles. The summed E-state index contributed by atoms with van der Waals surface area (Å²) in [6.45, 7) is 3.22. The predicted molar refractivity (Wildman–Crippen MR) is 56.1 cm³/mol.